The summed E-state index contributed by atoms with van der Waals surface area (Å²) in [5, 5.41) is 79.3. The standard InChI is InChI=1S/C18H31NO9/c1-18(2,3)19-7-12(21)9-4-5-11(20)10(6-9)8-28-17(27)15(24)13(22)14(23)16(25)26/h4-6,12-17,19-27H,7-8H2,1-3H3. The Bertz CT molecular complexity index is 605. The minimum atomic E-state index is -2.32. The molecule has 1 rings (SSSR count). The van der Waals surface area contributed by atoms with Crippen LogP contribution in [0.2, 0.25) is 0 Å². The Kier molecular flexibility index (Phi) is 9.21. The fourth-order valence-corrected chi connectivity index (χ4v) is 2.27. The van der Waals surface area contributed by atoms with Gasteiger partial charge < -0.3 is 50.9 Å². The molecule has 0 bridgehead atoms. The molecule has 0 amide bonds. The van der Waals surface area contributed by atoms with E-state index in [1.54, 1.807) is 0 Å². The highest BCUT2D eigenvalue weighted by atomic mass is 16.6. The third kappa shape index (κ3) is 7.59. The average Bonchev–Trinajstić information content (AvgIpc) is 2.62. The molecule has 9 N–H and O–H groups in total. The van der Waals surface area contributed by atoms with Crippen molar-refractivity contribution < 1.29 is 45.6 Å². The van der Waals surface area contributed by atoms with E-state index in [4.69, 9.17) is 14.9 Å². The summed E-state index contributed by atoms with van der Waals surface area (Å²) in [5.41, 5.74) is 0.496. The first-order valence-electron chi connectivity index (χ1n) is 8.78. The number of benzene rings is 1. The lowest BCUT2D eigenvalue weighted by Crippen LogP contribution is -2.49. The van der Waals surface area contributed by atoms with Gasteiger partial charge in [0.25, 0.3) is 0 Å². The van der Waals surface area contributed by atoms with Crippen LogP contribution in [0.3, 0.4) is 0 Å². The Morgan fingerprint density at radius 2 is 1.54 bits per heavy atom. The van der Waals surface area contributed by atoms with Gasteiger partial charge in [-0.3, -0.25) is 0 Å². The minimum Gasteiger partial charge on any atom is -0.508 e. The molecule has 1 aromatic carbocycles. The molecule has 162 valence electrons. The highest BCUT2D eigenvalue weighted by Crippen LogP contribution is 2.24. The highest BCUT2D eigenvalue weighted by Gasteiger charge is 2.34. The van der Waals surface area contributed by atoms with E-state index < -0.39 is 37.0 Å². The van der Waals surface area contributed by atoms with Gasteiger partial charge in [-0.25, -0.2) is 0 Å². The van der Waals surface area contributed by atoms with Crippen LogP contribution in [0.15, 0.2) is 18.2 Å². The summed E-state index contributed by atoms with van der Waals surface area (Å²) in [6, 6.07) is 4.34. The van der Waals surface area contributed by atoms with E-state index >= 15 is 0 Å². The van der Waals surface area contributed by atoms with Crippen molar-refractivity contribution in [2.24, 2.45) is 0 Å². The number of aromatic hydroxyl groups is 1. The van der Waals surface area contributed by atoms with Crippen LogP contribution in [-0.2, 0) is 11.3 Å². The van der Waals surface area contributed by atoms with E-state index in [0.717, 1.165) is 0 Å². The Morgan fingerprint density at radius 3 is 2.07 bits per heavy atom. The van der Waals surface area contributed by atoms with Crippen molar-refractivity contribution in [2.75, 3.05) is 6.54 Å². The van der Waals surface area contributed by atoms with Crippen molar-refractivity contribution in [3.05, 3.63) is 29.3 Å². The number of ether oxygens (including phenoxy) is 1. The zero-order valence-corrected chi connectivity index (χ0v) is 16.1. The lowest BCUT2D eigenvalue weighted by molar-refractivity contribution is -0.231. The molecule has 10 nitrogen and oxygen atoms in total. The quantitative estimate of drug-likeness (QED) is 0.198. The molecule has 0 saturated heterocycles. The molecule has 0 saturated carbocycles. The first-order chi connectivity index (χ1) is 12.8. The highest BCUT2D eigenvalue weighted by molar-refractivity contribution is 5.36. The fraction of sp³-hybridized carbons (Fsp3) is 0.667. The summed E-state index contributed by atoms with van der Waals surface area (Å²) in [7, 11) is 0. The fourth-order valence-electron chi connectivity index (χ4n) is 2.27. The van der Waals surface area contributed by atoms with E-state index in [1.165, 1.54) is 18.2 Å². The molecule has 0 aromatic heterocycles. The van der Waals surface area contributed by atoms with Gasteiger partial charge in [-0.2, -0.15) is 0 Å². The number of rotatable bonds is 10. The Labute approximate surface area is 163 Å². The minimum absolute atomic E-state index is 0.173. The lowest BCUT2D eigenvalue weighted by Gasteiger charge is -2.27. The summed E-state index contributed by atoms with van der Waals surface area (Å²) in [6.45, 7) is 5.72. The topological polar surface area (TPSA) is 183 Å². The normalized spacial score (nSPS) is 18.0. The van der Waals surface area contributed by atoms with E-state index in [9.17, 15) is 30.6 Å². The number of aliphatic hydroxyl groups is 7. The van der Waals surface area contributed by atoms with Crippen LogP contribution in [0, 0.1) is 0 Å². The second kappa shape index (κ2) is 10.4. The Hall–Kier alpha value is -1.34. The van der Waals surface area contributed by atoms with Gasteiger partial charge in [0, 0.05) is 17.6 Å². The van der Waals surface area contributed by atoms with Crippen molar-refractivity contribution in [1.29, 1.82) is 0 Å². The largest absolute Gasteiger partial charge is 0.508 e. The first kappa shape index (κ1) is 24.7. The molecule has 5 atom stereocenters. The Morgan fingerprint density at radius 1 is 0.929 bits per heavy atom. The van der Waals surface area contributed by atoms with Gasteiger partial charge in [0.05, 0.1) is 12.7 Å². The van der Waals surface area contributed by atoms with E-state index in [2.05, 4.69) is 5.32 Å². The molecule has 5 unspecified atom stereocenters. The Balaban J connectivity index is 2.73. The van der Waals surface area contributed by atoms with Crippen LogP contribution in [0.25, 0.3) is 0 Å². The van der Waals surface area contributed by atoms with Crippen molar-refractivity contribution in [3.63, 3.8) is 0 Å². The van der Waals surface area contributed by atoms with Crippen LogP contribution >= 0.6 is 0 Å². The number of nitrogens with one attached hydrogen (secondary N) is 1. The third-order valence-corrected chi connectivity index (χ3v) is 4.02. The van der Waals surface area contributed by atoms with Crippen molar-refractivity contribution in [3.8, 4) is 5.75 Å². The lowest BCUT2D eigenvalue weighted by atomic mass is 10.0. The monoisotopic (exact) mass is 405 g/mol. The maximum Gasteiger partial charge on any atom is 0.183 e. The van der Waals surface area contributed by atoms with E-state index in [0.29, 0.717) is 5.56 Å². The number of aliphatic hydroxyl groups excluding tert-OH is 6. The molecule has 0 radical (unpaired) electrons. The predicted octanol–water partition coefficient (Wildman–Crippen LogP) is -1.96. The molecule has 0 fully saturated rings. The van der Waals surface area contributed by atoms with Gasteiger partial charge in [-0.1, -0.05) is 6.07 Å². The van der Waals surface area contributed by atoms with Crippen LogP contribution in [-0.4, -0.2) is 83.8 Å². The van der Waals surface area contributed by atoms with E-state index in [1.807, 2.05) is 20.8 Å². The van der Waals surface area contributed by atoms with Crippen molar-refractivity contribution in [2.45, 2.75) is 69.9 Å². The zero-order chi connectivity index (χ0) is 21.6. The van der Waals surface area contributed by atoms with Crippen LogP contribution in [0.5, 0.6) is 5.75 Å². The average molecular weight is 405 g/mol. The molecule has 0 spiro atoms. The number of β-amino-alcohol motifs (C(OH)–C–C–N with tert-alkyl or cyclic N) is 1. The van der Waals surface area contributed by atoms with Gasteiger partial charge in [0.15, 0.2) is 12.6 Å². The summed E-state index contributed by atoms with van der Waals surface area (Å²) < 4.78 is 4.98. The molecule has 28 heavy (non-hydrogen) atoms. The third-order valence-electron chi connectivity index (χ3n) is 4.02. The van der Waals surface area contributed by atoms with Gasteiger partial charge >= 0.3 is 0 Å². The maximum atomic E-state index is 10.3. The van der Waals surface area contributed by atoms with E-state index in [-0.39, 0.29) is 30.0 Å². The molecule has 0 heterocycles. The predicted molar refractivity (Wildman–Crippen MR) is 97.9 cm³/mol. The summed E-state index contributed by atoms with van der Waals surface area (Å²) in [4.78, 5) is 0. The molecule has 1 aromatic rings. The van der Waals surface area contributed by atoms with Gasteiger partial charge in [0.2, 0.25) is 0 Å². The van der Waals surface area contributed by atoms with Crippen molar-refractivity contribution in [1.82, 2.24) is 5.32 Å². The maximum absolute atomic E-state index is 10.3. The number of phenolic OH excluding ortho intramolecular Hbond substituents is 1. The van der Waals surface area contributed by atoms with Gasteiger partial charge in [0.1, 0.15) is 24.1 Å². The van der Waals surface area contributed by atoms with Gasteiger partial charge in [-0.05, 0) is 38.5 Å². The second-order valence-electron chi connectivity index (χ2n) is 7.62. The van der Waals surface area contributed by atoms with Crippen LogP contribution in [0.1, 0.15) is 38.0 Å². The number of phenols is 1. The zero-order valence-electron chi connectivity index (χ0n) is 16.1. The first-order valence-corrected chi connectivity index (χ1v) is 8.78. The SMILES string of the molecule is CC(C)(C)NCC(O)c1ccc(O)c(COC(O)C(O)C(O)C(O)C(O)O)c1. The number of hydrogen-bond acceptors (Lipinski definition) is 10. The number of hydrogen-bond donors (Lipinski definition) is 9. The smallest absolute Gasteiger partial charge is 0.183 e. The summed E-state index contributed by atoms with van der Waals surface area (Å²) in [5.74, 6) is -0.173. The molecular weight excluding hydrogens is 374 g/mol. The molecule has 0 aliphatic heterocycles. The molecule has 10 heteroatoms. The van der Waals surface area contributed by atoms with Crippen LogP contribution < -0.4 is 5.32 Å². The van der Waals surface area contributed by atoms with Gasteiger partial charge in [-0.15, -0.1) is 0 Å². The molecule has 0 aliphatic rings. The summed E-state index contributed by atoms with van der Waals surface area (Å²) in [6.07, 6.45) is -11.4. The second-order valence-corrected chi connectivity index (χ2v) is 7.62. The summed E-state index contributed by atoms with van der Waals surface area (Å²) >= 11 is 0. The van der Waals surface area contributed by atoms with Crippen molar-refractivity contribution >= 4 is 0 Å². The van der Waals surface area contributed by atoms with Crippen LogP contribution in [0.4, 0.5) is 0 Å². The molecular formula is C18H31NO9. The molecule has 0 aliphatic carbocycles.